The minimum absolute atomic E-state index is 0.427. The van der Waals surface area contributed by atoms with E-state index in [1.54, 1.807) is 0 Å². The molecule has 117 valence electrons. The lowest BCUT2D eigenvalue weighted by Crippen LogP contribution is -1.96. The van der Waals surface area contributed by atoms with Crippen molar-refractivity contribution in [3.63, 3.8) is 0 Å². The molecule has 0 aliphatic carbocycles. The summed E-state index contributed by atoms with van der Waals surface area (Å²) in [6, 6.07) is 25.8. The maximum atomic E-state index is 5.13. The first-order valence-electron chi connectivity index (χ1n) is 7.91. The van der Waals surface area contributed by atoms with Gasteiger partial charge in [0.15, 0.2) is 0 Å². The third kappa shape index (κ3) is 4.72. The largest absolute Gasteiger partial charge is 0.414 e. The molecule has 3 rings (SSSR count). The fourth-order valence-corrected chi connectivity index (χ4v) is 2.52. The van der Waals surface area contributed by atoms with Gasteiger partial charge in [-0.25, -0.2) is 0 Å². The molecule has 0 atom stereocenters. The Morgan fingerprint density at radius 3 is 1.84 bits per heavy atom. The van der Waals surface area contributed by atoms with Gasteiger partial charge >= 0.3 is 0 Å². The molecule has 3 aromatic carbocycles. The summed E-state index contributed by atoms with van der Waals surface area (Å²) in [4.78, 5) is 0. The quantitative estimate of drug-likeness (QED) is 0.506. The van der Waals surface area contributed by atoms with E-state index in [-0.39, 0.29) is 0 Å². The molecule has 0 N–H and O–H groups in total. The average Bonchev–Trinajstić information content (AvgIpc) is 2.67. The summed E-state index contributed by atoms with van der Waals surface area (Å²) in [6.07, 6.45) is 0. The summed E-state index contributed by atoms with van der Waals surface area (Å²) in [5, 5.41) is 0. The molecule has 0 bridgehead atoms. The van der Waals surface area contributed by atoms with Crippen molar-refractivity contribution in [1.29, 1.82) is 0 Å². The predicted molar refractivity (Wildman–Crippen MR) is 102 cm³/mol. The van der Waals surface area contributed by atoms with Gasteiger partial charge < -0.3 is 4.43 Å². The highest BCUT2D eigenvalue weighted by Crippen LogP contribution is 2.15. The minimum Gasteiger partial charge on any atom is -0.414 e. The smallest absolute Gasteiger partial charge is 0.246 e. The van der Waals surface area contributed by atoms with E-state index < -0.39 is 0 Å². The summed E-state index contributed by atoms with van der Waals surface area (Å²) >= 11 is 0. The second-order valence-corrected chi connectivity index (χ2v) is 5.65. The number of benzene rings is 3. The van der Waals surface area contributed by atoms with E-state index >= 15 is 0 Å². The Balaban J connectivity index is 2.03. The van der Waals surface area contributed by atoms with Crippen molar-refractivity contribution in [2.45, 2.75) is 6.61 Å². The summed E-state index contributed by atoms with van der Waals surface area (Å²) in [7, 11) is 3.08. The van der Waals surface area contributed by atoms with Crippen LogP contribution < -0.4 is 0 Å². The predicted octanol–water partition coefficient (Wildman–Crippen LogP) is 4.09. The minimum atomic E-state index is 0.427. The molecule has 0 heterocycles. The molecule has 0 unspecified atom stereocenters. The van der Waals surface area contributed by atoms with E-state index in [4.69, 9.17) is 4.43 Å². The Hall–Kier alpha value is -3.04. The Labute approximate surface area is 152 Å². The highest BCUT2D eigenvalue weighted by molar-refractivity contribution is 5.97. The van der Waals surface area contributed by atoms with Crippen LogP contribution in [0.4, 0.5) is 0 Å². The highest BCUT2D eigenvalue weighted by atomic mass is 28.2. The molecule has 0 aliphatic rings. The first kappa shape index (κ1) is 16.8. The molecule has 3 aromatic rings. The van der Waals surface area contributed by atoms with Crippen molar-refractivity contribution in [3.8, 4) is 23.7 Å². The Morgan fingerprint density at radius 1 is 0.640 bits per heavy atom. The zero-order valence-electron chi connectivity index (χ0n) is 13.6. The van der Waals surface area contributed by atoms with Gasteiger partial charge in [0.1, 0.15) is 0 Å². The third-order valence-corrected chi connectivity index (χ3v) is 3.74. The summed E-state index contributed by atoms with van der Waals surface area (Å²) in [6.45, 7) is 0.427. The van der Waals surface area contributed by atoms with Gasteiger partial charge in [0.2, 0.25) is 10.5 Å². The second-order valence-electron chi connectivity index (χ2n) is 5.36. The summed E-state index contributed by atoms with van der Waals surface area (Å²) in [5.74, 6) is 12.9. The molecule has 0 spiro atoms. The molecule has 2 heteroatoms. The Morgan fingerprint density at radius 2 is 1.24 bits per heavy atom. The molecule has 0 aliphatic heterocycles. The molecule has 0 saturated heterocycles. The average molecular weight is 335 g/mol. The molecule has 0 fully saturated rings. The SMILES string of the molecule is [Si]OCc1cccc(C#Cc2ccccc2)c1C#Cc1ccccc1. The van der Waals surface area contributed by atoms with Crippen LogP contribution in [0.1, 0.15) is 27.8 Å². The van der Waals surface area contributed by atoms with Crippen molar-refractivity contribution in [2.75, 3.05) is 0 Å². The Kier molecular flexibility index (Phi) is 5.85. The first-order valence-corrected chi connectivity index (χ1v) is 8.32. The van der Waals surface area contributed by atoms with E-state index in [0.717, 1.165) is 27.8 Å². The zero-order chi connectivity index (χ0) is 17.3. The van der Waals surface area contributed by atoms with Gasteiger partial charge in [-0.3, -0.25) is 0 Å². The Bertz CT molecular complexity index is 955. The van der Waals surface area contributed by atoms with Crippen LogP contribution in [-0.4, -0.2) is 10.5 Å². The first-order chi connectivity index (χ1) is 12.4. The molecule has 0 saturated carbocycles. The maximum absolute atomic E-state index is 5.13. The number of hydrogen-bond donors (Lipinski definition) is 0. The van der Waals surface area contributed by atoms with Crippen molar-refractivity contribution in [2.24, 2.45) is 0 Å². The van der Waals surface area contributed by atoms with Gasteiger partial charge in [-0.1, -0.05) is 72.2 Å². The highest BCUT2D eigenvalue weighted by Gasteiger charge is 2.04. The fraction of sp³-hybridized carbons (Fsp3) is 0.0435. The van der Waals surface area contributed by atoms with Crippen molar-refractivity contribution in [3.05, 3.63) is 107 Å². The molecule has 3 radical (unpaired) electrons. The van der Waals surface area contributed by atoms with Crippen LogP contribution in [0.15, 0.2) is 78.9 Å². The standard InChI is InChI=1S/C23H15OSi/c25-24-18-22-13-7-12-21(16-14-19-8-3-1-4-9-19)23(22)17-15-20-10-5-2-6-11-20/h1-13H,18H2. The molecule has 1 nitrogen and oxygen atoms in total. The van der Waals surface area contributed by atoms with Crippen LogP contribution in [0.3, 0.4) is 0 Å². The van der Waals surface area contributed by atoms with E-state index in [0.29, 0.717) is 6.61 Å². The van der Waals surface area contributed by atoms with E-state index in [1.807, 2.05) is 78.9 Å². The normalized spacial score (nSPS) is 9.48. The molecule has 25 heavy (non-hydrogen) atoms. The number of hydrogen-bond acceptors (Lipinski definition) is 1. The van der Waals surface area contributed by atoms with Gasteiger partial charge in [0.05, 0.1) is 6.61 Å². The van der Waals surface area contributed by atoms with Gasteiger partial charge in [-0.05, 0) is 35.9 Å². The van der Waals surface area contributed by atoms with E-state index in [2.05, 4.69) is 34.2 Å². The van der Waals surface area contributed by atoms with Crippen molar-refractivity contribution < 1.29 is 4.43 Å². The van der Waals surface area contributed by atoms with Crippen LogP contribution in [0.25, 0.3) is 0 Å². The third-order valence-electron chi connectivity index (χ3n) is 3.60. The lowest BCUT2D eigenvalue weighted by atomic mass is 10.0. The van der Waals surface area contributed by atoms with Crippen molar-refractivity contribution in [1.82, 2.24) is 0 Å². The second kappa shape index (κ2) is 8.71. The van der Waals surface area contributed by atoms with Crippen molar-refractivity contribution >= 4 is 10.5 Å². The lowest BCUT2D eigenvalue weighted by molar-refractivity contribution is 0.338. The van der Waals surface area contributed by atoms with E-state index in [1.165, 1.54) is 0 Å². The van der Waals surface area contributed by atoms with Gasteiger partial charge in [-0.2, -0.15) is 0 Å². The van der Waals surface area contributed by atoms with E-state index in [9.17, 15) is 0 Å². The monoisotopic (exact) mass is 335 g/mol. The molecule has 0 amide bonds. The summed E-state index contributed by atoms with van der Waals surface area (Å²) < 4.78 is 5.13. The van der Waals surface area contributed by atoms with Crippen LogP contribution in [0, 0.1) is 23.7 Å². The molecular formula is C23H15OSi. The topological polar surface area (TPSA) is 9.23 Å². The number of rotatable bonds is 2. The van der Waals surface area contributed by atoms with Crippen LogP contribution >= 0.6 is 0 Å². The van der Waals surface area contributed by atoms with Gasteiger partial charge in [0.25, 0.3) is 0 Å². The molecule has 0 aromatic heterocycles. The summed E-state index contributed by atoms with van der Waals surface area (Å²) in [5.41, 5.74) is 4.74. The maximum Gasteiger partial charge on any atom is 0.246 e. The van der Waals surface area contributed by atoms with Crippen LogP contribution in [0.5, 0.6) is 0 Å². The van der Waals surface area contributed by atoms with Gasteiger partial charge in [0, 0.05) is 22.3 Å². The van der Waals surface area contributed by atoms with Gasteiger partial charge in [-0.15, -0.1) is 0 Å². The zero-order valence-corrected chi connectivity index (χ0v) is 14.6. The lowest BCUT2D eigenvalue weighted by Gasteiger charge is -2.05. The van der Waals surface area contributed by atoms with Crippen LogP contribution in [-0.2, 0) is 11.0 Å². The molecular weight excluding hydrogens is 320 g/mol. The van der Waals surface area contributed by atoms with Crippen LogP contribution in [0.2, 0.25) is 0 Å². The fourth-order valence-electron chi connectivity index (χ4n) is 2.37.